The molecule has 0 spiro atoms. The van der Waals surface area contributed by atoms with Crippen molar-refractivity contribution in [3.8, 4) is 0 Å². The fourth-order valence-electron chi connectivity index (χ4n) is 4.70. The number of unbranched alkanes of at least 4 members (excludes halogenated alkanes) is 24. The summed E-state index contributed by atoms with van der Waals surface area (Å²) in [6.45, 7) is 6.15. The maximum atomic E-state index is 9.70. The topological polar surface area (TPSA) is 20.2 Å². The van der Waals surface area contributed by atoms with Crippen LogP contribution in [0.1, 0.15) is 188 Å². The van der Waals surface area contributed by atoms with Crippen LogP contribution < -0.4 is 0 Å². The quantitative estimate of drug-likeness (QED) is 0.113. The monoisotopic (exact) mass is 518 g/mol. The van der Waals surface area contributed by atoms with Crippen molar-refractivity contribution in [1.82, 2.24) is 0 Å². The molecule has 0 rings (SSSR count). The highest BCUT2D eigenvalue weighted by molar-refractivity contribution is 8.93. The lowest BCUT2D eigenvalue weighted by atomic mass is 9.99. The lowest BCUT2D eigenvalue weighted by Gasteiger charge is -2.16. The van der Waals surface area contributed by atoms with Gasteiger partial charge in [-0.05, 0) is 20.3 Å². The zero-order valence-corrected chi connectivity index (χ0v) is 24.5. The van der Waals surface area contributed by atoms with E-state index in [1.54, 1.807) is 0 Å². The summed E-state index contributed by atoms with van der Waals surface area (Å²) in [6, 6.07) is 0. The predicted octanol–water partition coefficient (Wildman–Crippen LogP) is 11.5. The minimum atomic E-state index is -0.466. The molecule has 32 heavy (non-hydrogen) atoms. The number of halogens is 1. The summed E-state index contributed by atoms with van der Waals surface area (Å²) in [4.78, 5) is 0. The van der Waals surface area contributed by atoms with Crippen LogP contribution in [0.5, 0.6) is 0 Å². The summed E-state index contributed by atoms with van der Waals surface area (Å²) in [5.74, 6) is 0. The van der Waals surface area contributed by atoms with Gasteiger partial charge in [-0.25, -0.2) is 0 Å². The van der Waals surface area contributed by atoms with Crippen molar-refractivity contribution in [1.29, 1.82) is 0 Å². The molecule has 0 atom stereocenters. The van der Waals surface area contributed by atoms with E-state index in [1.165, 1.54) is 161 Å². The van der Waals surface area contributed by atoms with Gasteiger partial charge in [0, 0.05) is 0 Å². The summed E-state index contributed by atoms with van der Waals surface area (Å²) in [5, 5.41) is 9.70. The molecule has 1 nitrogen and oxygen atoms in total. The molecule has 0 heterocycles. The molecule has 0 saturated carbocycles. The van der Waals surface area contributed by atoms with Crippen molar-refractivity contribution in [3.05, 3.63) is 0 Å². The van der Waals surface area contributed by atoms with Crippen LogP contribution in [0, 0.1) is 0 Å². The first-order chi connectivity index (χ1) is 15.1. The second-order valence-electron chi connectivity index (χ2n) is 11.0. The molecule has 0 aromatic carbocycles. The summed E-state index contributed by atoms with van der Waals surface area (Å²) < 4.78 is 0. The smallest absolute Gasteiger partial charge is 0.0591 e. The second kappa shape index (κ2) is 27.7. The van der Waals surface area contributed by atoms with Crippen LogP contribution in [0.4, 0.5) is 0 Å². The van der Waals surface area contributed by atoms with Gasteiger partial charge in [0.25, 0.3) is 0 Å². The molecule has 0 saturated heterocycles. The van der Waals surface area contributed by atoms with Gasteiger partial charge in [0.1, 0.15) is 0 Å². The standard InChI is InChI=1S/C30H62O.BrH/c1-4-5-6-7-8-9-10-11-12-13-14-15-16-17-18-19-20-21-22-23-24-25-26-27-28-29-30(2,3)31;/h31H,4-29H2,1-3H3;1H. The van der Waals surface area contributed by atoms with Crippen LogP contribution in [0.2, 0.25) is 0 Å². The fraction of sp³-hybridized carbons (Fsp3) is 1.00. The Morgan fingerprint density at radius 3 is 0.750 bits per heavy atom. The fourth-order valence-corrected chi connectivity index (χ4v) is 4.70. The van der Waals surface area contributed by atoms with E-state index in [0.717, 1.165) is 6.42 Å². The molecule has 0 amide bonds. The maximum absolute atomic E-state index is 9.70. The molecule has 0 aliphatic carbocycles. The van der Waals surface area contributed by atoms with Gasteiger partial charge < -0.3 is 5.11 Å². The molecule has 0 unspecified atom stereocenters. The lowest BCUT2D eigenvalue weighted by molar-refractivity contribution is 0.0680. The van der Waals surface area contributed by atoms with Crippen molar-refractivity contribution in [2.75, 3.05) is 0 Å². The van der Waals surface area contributed by atoms with Crippen LogP contribution >= 0.6 is 17.0 Å². The third kappa shape index (κ3) is 32.6. The molecule has 0 bridgehead atoms. The molecule has 0 aromatic heterocycles. The Balaban J connectivity index is 0. The van der Waals surface area contributed by atoms with Crippen molar-refractivity contribution in [3.63, 3.8) is 0 Å². The first-order valence-electron chi connectivity index (χ1n) is 14.8. The summed E-state index contributed by atoms with van der Waals surface area (Å²) in [5.41, 5.74) is -0.466. The van der Waals surface area contributed by atoms with E-state index >= 15 is 0 Å². The molecular weight excluding hydrogens is 456 g/mol. The Labute approximate surface area is 215 Å². The highest BCUT2D eigenvalue weighted by Crippen LogP contribution is 2.17. The van der Waals surface area contributed by atoms with Gasteiger partial charge in [0.2, 0.25) is 0 Å². The second-order valence-corrected chi connectivity index (χ2v) is 11.0. The number of aliphatic hydroxyl groups is 1. The average molecular weight is 520 g/mol. The van der Waals surface area contributed by atoms with E-state index in [0.29, 0.717) is 0 Å². The molecule has 0 aromatic rings. The number of hydrogen-bond donors (Lipinski definition) is 1. The Bertz CT molecular complexity index is 323. The highest BCUT2D eigenvalue weighted by atomic mass is 79.9. The Morgan fingerprint density at radius 2 is 0.562 bits per heavy atom. The zero-order chi connectivity index (χ0) is 22.9. The van der Waals surface area contributed by atoms with Crippen molar-refractivity contribution >= 4 is 17.0 Å². The molecule has 2 heteroatoms. The largest absolute Gasteiger partial charge is 0.390 e. The van der Waals surface area contributed by atoms with Gasteiger partial charge >= 0.3 is 0 Å². The average Bonchev–Trinajstić information content (AvgIpc) is 2.73. The van der Waals surface area contributed by atoms with Crippen LogP contribution in [0.25, 0.3) is 0 Å². The molecule has 0 aliphatic rings. The third-order valence-corrected chi connectivity index (χ3v) is 6.89. The highest BCUT2D eigenvalue weighted by Gasteiger charge is 2.10. The van der Waals surface area contributed by atoms with Gasteiger partial charge in [-0.3, -0.25) is 0 Å². The first-order valence-corrected chi connectivity index (χ1v) is 14.8. The van der Waals surface area contributed by atoms with Gasteiger partial charge in [0.15, 0.2) is 0 Å². The summed E-state index contributed by atoms with van der Waals surface area (Å²) >= 11 is 0. The van der Waals surface area contributed by atoms with E-state index in [2.05, 4.69) is 6.92 Å². The lowest BCUT2D eigenvalue weighted by Crippen LogP contribution is -2.17. The molecular formula is C30H63BrO. The number of rotatable bonds is 26. The predicted molar refractivity (Wildman–Crippen MR) is 152 cm³/mol. The molecule has 0 aliphatic heterocycles. The maximum Gasteiger partial charge on any atom is 0.0591 e. The Morgan fingerprint density at radius 1 is 0.375 bits per heavy atom. The normalized spacial score (nSPS) is 11.6. The molecule has 0 fully saturated rings. The van der Waals surface area contributed by atoms with Gasteiger partial charge in [-0.1, -0.05) is 167 Å². The van der Waals surface area contributed by atoms with Crippen LogP contribution in [0.3, 0.4) is 0 Å². The summed E-state index contributed by atoms with van der Waals surface area (Å²) in [6.07, 6.45) is 36.9. The van der Waals surface area contributed by atoms with Crippen molar-refractivity contribution in [2.24, 2.45) is 0 Å². The molecule has 196 valence electrons. The summed E-state index contributed by atoms with van der Waals surface area (Å²) in [7, 11) is 0. The third-order valence-electron chi connectivity index (χ3n) is 6.89. The minimum absolute atomic E-state index is 0. The zero-order valence-electron chi connectivity index (χ0n) is 22.7. The van der Waals surface area contributed by atoms with E-state index in [1.807, 2.05) is 13.8 Å². The molecule has 0 radical (unpaired) electrons. The van der Waals surface area contributed by atoms with Crippen molar-refractivity contribution in [2.45, 2.75) is 193 Å². The van der Waals surface area contributed by atoms with E-state index < -0.39 is 5.60 Å². The molecule has 1 N–H and O–H groups in total. The van der Waals surface area contributed by atoms with E-state index in [9.17, 15) is 5.11 Å². The Hall–Kier alpha value is 0.440. The minimum Gasteiger partial charge on any atom is -0.390 e. The first kappa shape index (κ1) is 34.6. The van der Waals surface area contributed by atoms with Crippen LogP contribution in [0.15, 0.2) is 0 Å². The van der Waals surface area contributed by atoms with Crippen LogP contribution in [-0.2, 0) is 0 Å². The van der Waals surface area contributed by atoms with Gasteiger partial charge in [-0.2, -0.15) is 0 Å². The Kier molecular flexibility index (Phi) is 29.9. The van der Waals surface area contributed by atoms with Gasteiger partial charge in [0.05, 0.1) is 5.60 Å². The SMILES string of the molecule is Br.CCCCCCCCCCCCCCCCCCCCCCCCCCCC(C)(C)O. The number of hydrogen-bond acceptors (Lipinski definition) is 1. The van der Waals surface area contributed by atoms with Crippen molar-refractivity contribution < 1.29 is 5.11 Å². The van der Waals surface area contributed by atoms with Crippen LogP contribution in [-0.4, -0.2) is 10.7 Å². The van der Waals surface area contributed by atoms with Gasteiger partial charge in [-0.15, -0.1) is 17.0 Å². The van der Waals surface area contributed by atoms with E-state index in [4.69, 9.17) is 0 Å². The van der Waals surface area contributed by atoms with E-state index in [-0.39, 0.29) is 17.0 Å².